The van der Waals surface area contributed by atoms with E-state index in [0.717, 1.165) is 26.2 Å². The molecule has 1 amide bonds. The van der Waals surface area contributed by atoms with Gasteiger partial charge >= 0.3 is 0 Å². The van der Waals surface area contributed by atoms with Crippen molar-refractivity contribution in [3.8, 4) is 0 Å². The Bertz CT molecular complexity index is 178. The quantitative estimate of drug-likeness (QED) is 0.611. The number of nitrogens with one attached hydrogen (secondary N) is 1. The third kappa shape index (κ3) is 3.40. The molecule has 0 aromatic heterocycles. The van der Waals surface area contributed by atoms with Crippen LogP contribution in [-0.2, 0) is 9.53 Å². The Kier molecular flexibility index (Phi) is 4.97. The van der Waals surface area contributed by atoms with E-state index in [0.29, 0.717) is 12.6 Å². The molecule has 76 valence electrons. The van der Waals surface area contributed by atoms with Crippen molar-refractivity contribution in [1.82, 2.24) is 8.43 Å². The highest BCUT2D eigenvalue weighted by molar-refractivity contribution is 14.1. The third-order valence-electron chi connectivity index (χ3n) is 2.27. The minimum absolute atomic E-state index is 0.0703. The van der Waals surface area contributed by atoms with Crippen LogP contribution in [0.2, 0.25) is 0 Å². The average molecular weight is 298 g/mol. The molecule has 1 aliphatic rings. The van der Waals surface area contributed by atoms with Gasteiger partial charge in [-0.1, -0.05) is 6.92 Å². The lowest BCUT2D eigenvalue weighted by Gasteiger charge is -2.34. The predicted molar refractivity (Wildman–Crippen MR) is 58.6 cm³/mol. The Balaban J connectivity index is 2.40. The van der Waals surface area contributed by atoms with Crippen LogP contribution >= 0.6 is 22.9 Å². The van der Waals surface area contributed by atoms with Gasteiger partial charge in [-0.05, 0) is 6.42 Å². The molecule has 4 nitrogen and oxygen atoms in total. The first-order chi connectivity index (χ1) is 6.27. The largest absolute Gasteiger partial charge is 0.378 e. The van der Waals surface area contributed by atoms with Crippen LogP contribution in [0.15, 0.2) is 0 Å². The number of amides is 1. The van der Waals surface area contributed by atoms with Crippen LogP contribution in [0.25, 0.3) is 0 Å². The summed E-state index contributed by atoms with van der Waals surface area (Å²) in [6, 6.07) is 0.405. The number of rotatable bonds is 3. The molecule has 1 rings (SSSR count). The van der Waals surface area contributed by atoms with Crippen molar-refractivity contribution in [3.05, 3.63) is 0 Å². The van der Waals surface area contributed by atoms with Crippen molar-refractivity contribution in [3.63, 3.8) is 0 Å². The molecule has 0 aromatic rings. The number of halogens is 1. The third-order valence-corrected chi connectivity index (χ3v) is 2.87. The standard InChI is InChI=1S/C8H15IN2O2/c1-2-7-6-13-4-3-11(7)5-8(12)10-9/h7H,2-6H2,1H3,(H,10,12). The zero-order chi connectivity index (χ0) is 9.68. The van der Waals surface area contributed by atoms with Crippen LogP contribution in [0.5, 0.6) is 0 Å². The lowest BCUT2D eigenvalue weighted by molar-refractivity contribution is -0.122. The number of hydrogen-bond acceptors (Lipinski definition) is 3. The summed E-state index contributed by atoms with van der Waals surface area (Å²) < 4.78 is 7.95. The summed E-state index contributed by atoms with van der Waals surface area (Å²) in [4.78, 5) is 13.3. The zero-order valence-corrected chi connectivity index (χ0v) is 9.91. The molecule has 1 aliphatic heterocycles. The maximum Gasteiger partial charge on any atom is 0.242 e. The zero-order valence-electron chi connectivity index (χ0n) is 7.75. The number of carbonyl (C=O) groups excluding carboxylic acids is 1. The molecule has 0 bridgehead atoms. The molecular weight excluding hydrogens is 283 g/mol. The minimum atomic E-state index is 0.0703. The van der Waals surface area contributed by atoms with Gasteiger partial charge in [0.05, 0.1) is 42.6 Å². The van der Waals surface area contributed by atoms with Gasteiger partial charge in [0, 0.05) is 12.6 Å². The van der Waals surface area contributed by atoms with Crippen LogP contribution in [0.1, 0.15) is 13.3 Å². The van der Waals surface area contributed by atoms with Crippen LogP contribution < -0.4 is 3.53 Å². The second kappa shape index (κ2) is 5.77. The highest BCUT2D eigenvalue weighted by Crippen LogP contribution is 2.09. The van der Waals surface area contributed by atoms with Gasteiger partial charge in [-0.2, -0.15) is 0 Å². The molecule has 1 fully saturated rings. The van der Waals surface area contributed by atoms with Crippen LogP contribution in [0.3, 0.4) is 0 Å². The monoisotopic (exact) mass is 298 g/mol. The maximum absolute atomic E-state index is 11.1. The van der Waals surface area contributed by atoms with E-state index in [1.807, 2.05) is 22.9 Å². The summed E-state index contributed by atoms with van der Waals surface area (Å²) in [7, 11) is 0. The molecule has 1 heterocycles. The van der Waals surface area contributed by atoms with Crippen molar-refractivity contribution in [2.24, 2.45) is 0 Å². The van der Waals surface area contributed by atoms with Crippen LogP contribution in [0.4, 0.5) is 0 Å². The van der Waals surface area contributed by atoms with E-state index in [2.05, 4.69) is 15.4 Å². The van der Waals surface area contributed by atoms with Gasteiger partial charge in [0.15, 0.2) is 0 Å². The molecule has 13 heavy (non-hydrogen) atoms. The van der Waals surface area contributed by atoms with Gasteiger partial charge in [-0.15, -0.1) is 0 Å². The fourth-order valence-electron chi connectivity index (χ4n) is 1.49. The molecule has 0 aliphatic carbocycles. The van der Waals surface area contributed by atoms with E-state index in [4.69, 9.17) is 4.74 Å². The van der Waals surface area contributed by atoms with Gasteiger partial charge in [0.1, 0.15) is 0 Å². The highest BCUT2D eigenvalue weighted by atomic mass is 127. The van der Waals surface area contributed by atoms with Gasteiger partial charge in [-0.25, -0.2) is 0 Å². The van der Waals surface area contributed by atoms with Crippen LogP contribution in [0, 0.1) is 0 Å². The first kappa shape index (κ1) is 11.2. The second-order valence-corrected chi connectivity index (χ2v) is 3.66. The van der Waals surface area contributed by atoms with E-state index in [9.17, 15) is 4.79 Å². The van der Waals surface area contributed by atoms with E-state index in [1.54, 1.807) is 0 Å². The fraction of sp³-hybridized carbons (Fsp3) is 0.875. The SMILES string of the molecule is CCC1COCCN1CC(=O)NI. The summed E-state index contributed by atoms with van der Waals surface area (Å²) in [5, 5.41) is 0. The average Bonchev–Trinajstić information content (AvgIpc) is 2.18. The predicted octanol–water partition coefficient (Wildman–Crippen LogP) is 0.563. The molecule has 5 heteroatoms. The Morgan fingerprint density at radius 2 is 2.54 bits per heavy atom. The summed E-state index contributed by atoms with van der Waals surface area (Å²) >= 11 is 1.87. The van der Waals surface area contributed by atoms with Crippen molar-refractivity contribution in [2.45, 2.75) is 19.4 Å². The molecule has 1 atom stereocenters. The topological polar surface area (TPSA) is 41.6 Å². The fourth-order valence-corrected chi connectivity index (χ4v) is 1.66. The number of nitrogens with zero attached hydrogens (tertiary/aromatic N) is 1. The Hall–Kier alpha value is 0.120. The Labute approximate surface area is 92.5 Å². The summed E-state index contributed by atoms with van der Waals surface area (Å²) in [5.41, 5.74) is 0. The highest BCUT2D eigenvalue weighted by Gasteiger charge is 2.22. The smallest absolute Gasteiger partial charge is 0.242 e. The Morgan fingerprint density at radius 3 is 3.15 bits per heavy atom. The summed E-state index contributed by atoms with van der Waals surface area (Å²) in [6.07, 6.45) is 1.04. The molecule has 0 aromatic carbocycles. The van der Waals surface area contributed by atoms with Crippen molar-refractivity contribution in [1.29, 1.82) is 0 Å². The van der Waals surface area contributed by atoms with Crippen molar-refractivity contribution >= 4 is 28.8 Å². The van der Waals surface area contributed by atoms with E-state index >= 15 is 0 Å². The first-order valence-corrected chi connectivity index (χ1v) is 5.57. The molecule has 1 N–H and O–H groups in total. The molecule has 1 unspecified atom stereocenters. The maximum atomic E-state index is 11.1. The number of ether oxygens (including phenoxy) is 1. The van der Waals surface area contributed by atoms with Gasteiger partial charge in [0.25, 0.3) is 0 Å². The van der Waals surface area contributed by atoms with Gasteiger partial charge in [-0.3, -0.25) is 13.2 Å². The Morgan fingerprint density at radius 1 is 1.77 bits per heavy atom. The minimum Gasteiger partial charge on any atom is -0.378 e. The lowest BCUT2D eigenvalue weighted by atomic mass is 10.2. The molecule has 0 spiro atoms. The van der Waals surface area contributed by atoms with E-state index in [1.165, 1.54) is 0 Å². The number of hydrogen-bond donors (Lipinski definition) is 1. The number of morpholine rings is 1. The number of carbonyl (C=O) groups is 1. The molecular formula is C8H15IN2O2. The van der Waals surface area contributed by atoms with E-state index in [-0.39, 0.29) is 5.91 Å². The summed E-state index contributed by atoms with van der Waals surface area (Å²) in [5.74, 6) is 0.0703. The van der Waals surface area contributed by atoms with Crippen LogP contribution in [-0.4, -0.2) is 43.2 Å². The molecule has 1 saturated heterocycles. The summed E-state index contributed by atoms with van der Waals surface area (Å²) in [6.45, 7) is 4.97. The normalized spacial score (nSPS) is 24.3. The second-order valence-electron chi connectivity index (χ2n) is 3.13. The van der Waals surface area contributed by atoms with Crippen molar-refractivity contribution < 1.29 is 9.53 Å². The van der Waals surface area contributed by atoms with E-state index < -0.39 is 0 Å². The van der Waals surface area contributed by atoms with Gasteiger partial charge in [0.2, 0.25) is 5.91 Å². The first-order valence-electron chi connectivity index (χ1n) is 4.49. The van der Waals surface area contributed by atoms with Gasteiger partial charge < -0.3 is 4.74 Å². The molecule has 0 saturated carbocycles. The lowest BCUT2D eigenvalue weighted by Crippen LogP contribution is -2.48. The molecule has 0 radical (unpaired) electrons. The van der Waals surface area contributed by atoms with Crippen molar-refractivity contribution in [2.75, 3.05) is 26.3 Å².